The molecule has 0 amide bonds. The van der Waals surface area contributed by atoms with Crippen LogP contribution in [0.5, 0.6) is 11.5 Å². The van der Waals surface area contributed by atoms with Crippen LogP contribution in [0.25, 0.3) is 10.9 Å². The van der Waals surface area contributed by atoms with E-state index in [0.29, 0.717) is 24.7 Å². The van der Waals surface area contributed by atoms with Crippen LogP contribution in [0.1, 0.15) is 5.56 Å². The molecular weight excluding hydrogens is 232 g/mol. The first-order valence-corrected chi connectivity index (χ1v) is 5.54. The van der Waals surface area contributed by atoms with Gasteiger partial charge in [0, 0.05) is 18.5 Å². The SMILES string of the molecule is Cn1c(=O)c(C#N)cc2cc3c(cc21)OCCO3. The van der Waals surface area contributed by atoms with Gasteiger partial charge in [-0.05, 0) is 12.1 Å². The fourth-order valence-corrected chi connectivity index (χ4v) is 2.09. The highest BCUT2D eigenvalue weighted by Gasteiger charge is 2.15. The van der Waals surface area contributed by atoms with Crippen LogP contribution in [0, 0.1) is 11.3 Å². The van der Waals surface area contributed by atoms with Gasteiger partial charge in [-0.2, -0.15) is 5.26 Å². The molecule has 1 aromatic carbocycles. The molecule has 0 spiro atoms. The normalized spacial score (nSPS) is 13.3. The van der Waals surface area contributed by atoms with Crippen LogP contribution in [-0.2, 0) is 7.05 Å². The number of aromatic nitrogens is 1. The lowest BCUT2D eigenvalue weighted by Gasteiger charge is -2.19. The van der Waals surface area contributed by atoms with E-state index in [9.17, 15) is 4.79 Å². The van der Waals surface area contributed by atoms with Crippen LogP contribution in [-0.4, -0.2) is 17.8 Å². The van der Waals surface area contributed by atoms with Crippen LogP contribution < -0.4 is 15.0 Å². The van der Waals surface area contributed by atoms with Crippen LogP contribution in [0.15, 0.2) is 23.0 Å². The highest BCUT2D eigenvalue weighted by molar-refractivity contribution is 5.84. The molecule has 0 N–H and O–H groups in total. The Hall–Kier alpha value is -2.48. The number of aryl methyl sites for hydroxylation is 1. The molecule has 0 fully saturated rings. The molecule has 0 saturated heterocycles. The summed E-state index contributed by atoms with van der Waals surface area (Å²) < 4.78 is 12.4. The summed E-state index contributed by atoms with van der Waals surface area (Å²) in [7, 11) is 1.64. The maximum absolute atomic E-state index is 11.9. The Bertz CT molecular complexity index is 740. The molecule has 1 aliphatic rings. The predicted octanol–water partition coefficient (Wildman–Crippen LogP) is 1.18. The van der Waals surface area contributed by atoms with Gasteiger partial charge in [-0.1, -0.05) is 0 Å². The largest absolute Gasteiger partial charge is 0.486 e. The lowest BCUT2D eigenvalue weighted by molar-refractivity contribution is 0.172. The highest BCUT2D eigenvalue weighted by Crippen LogP contribution is 2.34. The first kappa shape index (κ1) is 10.7. The summed E-state index contributed by atoms with van der Waals surface area (Å²) in [6.07, 6.45) is 0. The molecular formula is C13H10N2O3. The summed E-state index contributed by atoms with van der Waals surface area (Å²) in [5.41, 5.74) is 0.548. The van der Waals surface area contributed by atoms with E-state index in [4.69, 9.17) is 14.7 Å². The standard InChI is InChI=1S/C13H10N2O3/c1-15-10-6-12-11(17-2-3-18-12)5-8(10)4-9(7-14)13(15)16/h4-6H,2-3H2,1H3. The molecule has 0 radical (unpaired) electrons. The summed E-state index contributed by atoms with van der Waals surface area (Å²) in [5.74, 6) is 1.28. The second-order valence-corrected chi connectivity index (χ2v) is 4.09. The van der Waals surface area contributed by atoms with Crippen molar-refractivity contribution in [1.82, 2.24) is 4.57 Å². The quantitative estimate of drug-likeness (QED) is 0.696. The Morgan fingerprint density at radius 2 is 1.89 bits per heavy atom. The van der Waals surface area contributed by atoms with Crippen molar-refractivity contribution in [3.05, 3.63) is 34.1 Å². The van der Waals surface area contributed by atoms with E-state index in [2.05, 4.69) is 0 Å². The molecule has 18 heavy (non-hydrogen) atoms. The van der Waals surface area contributed by atoms with Crippen LogP contribution in [0.3, 0.4) is 0 Å². The van der Waals surface area contributed by atoms with Crippen molar-refractivity contribution in [1.29, 1.82) is 5.26 Å². The Morgan fingerprint density at radius 3 is 2.56 bits per heavy atom. The number of hydrogen-bond donors (Lipinski definition) is 0. The molecule has 1 aliphatic heterocycles. The van der Waals surface area contributed by atoms with Crippen LogP contribution >= 0.6 is 0 Å². The van der Waals surface area contributed by atoms with Gasteiger partial charge in [-0.3, -0.25) is 4.79 Å². The summed E-state index contributed by atoms with van der Waals surface area (Å²) in [6.45, 7) is 1.01. The second kappa shape index (κ2) is 3.77. The van der Waals surface area contributed by atoms with Crippen molar-refractivity contribution in [2.24, 2.45) is 7.05 Å². The minimum absolute atomic E-state index is 0.127. The number of fused-ring (bicyclic) bond motifs is 2. The van der Waals surface area contributed by atoms with E-state index in [1.54, 1.807) is 25.2 Å². The Kier molecular flexibility index (Phi) is 2.23. The maximum Gasteiger partial charge on any atom is 0.268 e. The van der Waals surface area contributed by atoms with Crippen LogP contribution in [0.2, 0.25) is 0 Å². The van der Waals surface area contributed by atoms with E-state index >= 15 is 0 Å². The minimum Gasteiger partial charge on any atom is -0.486 e. The fourth-order valence-electron chi connectivity index (χ4n) is 2.09. The molecule has 90 valence electrons. The van der Waals surface area contributed by atoms with Crippen molar-refractivity contribution in [2.75, 3.05) is 13.2 Å². The zero-order valence-corrected chi connectivity index (χ0v) is 9.77. The first-order chi connectivity index (χ1) is 8.70. The van der Waals surface area contributed by atoms with Crippen molar-refractivity contribution in [3.8, 4) is 17.6 Å². The summed E-state index contributed by atoms with van der Waals surface area (Å²) in [4.78, 5) is 11.9. The number of rotatable bonds is 0. The van der Waals surface area contributed by atoms with Crippen molar-refractivity contribution < 1.29 is 9.47 Å². The van der Waals surface area contributed by atoms with Crippen molar-refractivity contribution in [2.45, 2.75) is 0 Å². The van der Waals surface area contributed by atoms with Gasteiger partial charge in [0.25, 0.3) is 5.56 Å². The van der Waals surface area contributed by atoms with E-state index in [1.165, 1.54) is 4.57 Å². The number of benzene rings is 1. The van der Waals surface area contributed by atoms with Gasteiger partial charge in [0.15, 0.2) is 11.5 Å². The molecule has 0 saturated carbocycles. The van der Waals surface area contributed by atoms with Crippen molar-refractivity contribution in [3.63, 3.8) is 0 Å². The summed E-state index contributed by atoms with van der Waals surface area (Å²) in [5, 5.41) is 9.71. The molecule has 0 aliphatic carbocycles. The van der Waals surface area contributed by atoms with Gasteiger partial charge in [0.2, 0.25) is 0 Å². The van der Waals surface area contributed by atoms with E-state index in [0.717, 1.165) is 10.9 Å². The van der Waals surface area contributed by atoms with E-state index in [-0.39, 0.29) is 11.1 Å². The fraction of sp³-hybridized carbons (Fsp3) is 0.231. The average molecular weight is 242 g/mol. The molecule has 0 bridgehead atoms. The second-order valence-electron chi connectivity index (χ2n) is 4.09. The topological polar surface area (TPSA) is 64.2 Å². The highest BCUT2D eigenvalue weighted by atomic mass is 16.6. The third-order valence-corrected chi connectivity index (χ3v) is 3.01. The zero-order valence-electron chi connectivity index (χ0n) is 9.77. The number of nitrogens with zero attached hydrogens (tertiary/aromatic N) is 2. The first-order valence-electron chi connectivity index (χ1n) is 5.54. The Balaban J connectivity index is 2.38. The molecule has 2 heterocycles. The van der Waals surface area contributed by atoms with Gasteiger partial charge >= 0.3 is 0 Å². The molecule has 0 unspecified atom stereocenters. The van der Waals surface area contributed by atoms with Gasteiger partial charge < -0.3 is 14.0 Å². The van der Waals surface area contributed by atoms with E-state index in [1.807, 2.05) is 6.07 Å². The van der Waals surface area contributed by atoms with Crippen LogP contribution in [0.4, 0.5) is 0 Å². The zero-order chi connectivity index (χ0) is 12.7. The molecule has 3 rings (SSSR count). The predicted molar refractivity (Wildman–Crippen MR) is 64.9 cm³/mol. The summed E-state index contributed by atoms with van der Waals surface area (Å²) >= 11 is 0. The van der Waals surface area contributed by atoms with E-state index < -0.39 is 0 Å². The molecule has 1 aromatic heterocycles. The Labute approximate surface area is 103 Å². The molecule has 5 heteroatoms. The number of hydrogen-bond acceptors (Lipinski definition) is 4. The lowest BCUT2D eigenvalue weighted by atomic mass is 10.1. The number of pyridine rings is 1. The number of nitriles is 1. The van der Waals surface area contributed by atoms with Gasteiger partial charge in [0.1, 0.15) is 24.8 Å². The van der Waals surface area contributed by atoms with Gasteiger partial charge in [-0.25, -0.2) is 0 Å². The molecule has 0 atom stereocenters. The third kappa shape index (κ3) is 1.43. The number of ether oxygens (including phenoxy) is 2. The average Bonchev–Trinajstić information content (AvgIpc) is 2.41. The monoisotopic (exact) mass is 242 g/mol. The Morgan fingerprint density at radius 1 is 1.22 bits per heavy atom. The maximum atomic E-state index is 11.9. The third-order valence-electron chi connectivity index (χ3n) is 3.01. The molecule has 2 aromatic rings. The molecule has 5 nitrogen and oxygen atoms in total. The lowest BCUT2D eigenvalue weighted by Crippen LogP contribution is -2.20. The summed E-state index contributed by atoms with van der Waals surface area (Å²) in [6, 6.07) is 7.05. The van der Waals surface area contributed by atoms with Gasteiger partial charge in [0.05, 0.1) is 5.52 Å². The smallest absolute Gasteiger partial charge is 0.268 e. The van der Waals surface area contributed by atoms with Gasteiger partial charge in [-0.15, -0.1) is 0 Å². The minimum atomic E-state index is -0.304. The van der Waals surface area contributed by atoms with Crippen molar-refractivity contribution >= 4 is 10.9 Å².